The number of Topliss-reactive ketones (excluding diaryl/α,β-unsaturated/α-hetero) is 1. The van der Waals surface area contributed by atoms with Crippen molar-refractivity contribution in [1.82, 2.24) is 10.2 Å². The molecule has 0 aromatic heterocycles. The van der Waals surface area contributed by atoms with Crippen LogP contribution < -0.4 is 5.32 Å². The second kappa shape index (κ2) is 8.26. The number of rotatable bonds is 5. The highest BCUT2D eigenvalue weighted by Crippen LogP contribution is 2.24. The van der Waals surface area contributed by atoms with Gasteiger partial charge in [-0.05, 0) is 14.0 Å². The molecule has 2 amide bonds. The molecule has 1 aliphatic rings. The first-order valence-electron chi connectivity index (χ1n) is 6.07. The molecule has 0 aromatic carbocycles. The van der Waals surface area contributed by atoms with E-state index >= 15 is 0 Å². The number of amides is 2. The summed E-state index contributed by atoms with van der Waals surface area (Å²) in [6.07, 6.45) is 0.244. The van der Waals surface area contributed by atoms with Gasteiger partial charge in [0.25, 0.3) is 0 Å². The van der Waals surface area contributed by atoms with E-state index in [0.717, 1.165) is 4.90 Å². The Labute approximate surface area is 114 Å². The van der Waals surface area contributed by atoms with Crippen LogP contribution in [-0.2, 0) is 14.4 Å². The monoisotopic (exact) mass is 276 g/mol. The summed E-state index contributed by atoms with van der Waals surface area (Å²) in [6, 6.07) is -0.251. The Morgan fingerprint density at radius 2 is 2.11 bits per heavy atom. The predicted octanol–water partition coefficient (Wildman–Crippen LogP) is 0.926. The first-order valence-corrected chi connectivity index (χ1v) is 7.12. The first-order chi connectivity index (χ1) is 8.47. The lowest BCUT2D eigenvalue weighted by molar-refractivity contribution is -0.136. The van der Waals surface area contributed by atoms with E-state index in [9.17, 15) is 14.4 Å². The molecule has 1 heterocycles. The fourth-order valence-electron chi connectivity index (χ4n) is 1.47. The molecule has 1 rings (SSSR count). The van der Waals surface area contributed by atoms with Crippen LogP contribution in [0.3, 0.4) is 0 Å². The first kappa shape index (κ1) is 17.1. The lowest BCUT2D eigenvalue weighted by atomic mass is 10.2. The van der Waals surface area contributed by atoms with Crippen molar-refractivity contribution in [2.24, 2.45) is 0 Å². The fourth-order valence-corrected chi connectivity index (χ4v) is 2.86. The van der Waals surface area contributed by atoms with Crippen molar-refractivity contribution in [2.45, 2.75) is 38.5 Å². The minimum atomic E-state index is -0.326. The molecule has 1 aliphatic heterocycles. The normalized spacial score (nSPS) is 20.5. The second-order valence-electron chi connectivity index (χ2n) is 3.77. The number of likely N-dealkylation sites (tertiary alicyclic amines) is 1. The maximum absolute atomic E-state index is 11.6. The molecule has 0 bridgehead atoms. The highest BCUT2D eigenvalue weighted by molar-refractivity contribution is 8.00. The topological polar surface area (TPSA) is 66.5 Å². The SMILES string of the molecule is CC.CNC(CSC1CC(=O)N(C)C1=O)C(C)=O.[HH]. The number of imide groups is 1. The van der Waals surface area contributed by atoms with Gasteiger partial charge in [-0.15, -0.1) is 11.8 Å². The molecule has 2 atom stereocenters. The molecule has 5 nitrogen and oxygen atoms in total. The summed E-state index contributed by atoms with van der Waals surface area (Å²) >= 11 is 1.37. The van der Waals surface area contributed by atoms with Crippen molar-refractivity contribution in [3.8, 4) is 0 Å². The van der Waals surface area contributed by atoms with Gasteiger partial charge < -0.3 is 5.32 Å². The molecule has 0 aromatic rings. The van der Waals surface area contributed by atoms with Crippen LogP contribution in [0.25, 0.3) is 0 Å². The molecule has 1 N–H and O–H groups in total. The summed E-state index contributed by atoms with van der Waals surface area (Å²) in [5, 5.41) is 2.56. The van der Waals surface area contributed by atoms with Gasteiger partial charge in [-0.3, -0.25) is 19.3 Å². The second-order valence-corrected chi connectivity index (χ2v) is 5.00. The van der Waals surface area contributed by atoms with Crippen LogP contribution in [0.2, 0.25) is 0 Å². The van der Waals surface area contributed by atoms with Gasteiger partial charge in [-0.25, -0.2) is 0 Å². The van der Waals surface area contributed by atoms with Crippen molar-refractivity contribution in [2.75, 3.05) is 19.8 Å². The number of thioether (sulfide) groups is 1. The minimum absolute atomic E-state index is 0. The third-order valence-corrected chi connectivity index (χ3v) is 3.94. The number of nitrogens with zero attached hydrogens (tertiary/aromatic N) is 1. The van der Waals surface area contributed by atoms with Gasteiger partial charge in [0.05, 0.1) is 11.3 Å². The Kier molecular flexibility index (Phi) is 7.86. The van der Waals surface area contributed by atoms with E-state index in [1.54, 1.807) is 7.05 Å². The van der Waals surface area contributed by atoms with E-state index in [0.29, 0.717) is 5.75 Å². The van der Waals surface area contributed by atoms with Gasteiger partial charge in [0.15, 0.2) is 0 Å². The van der Waals surface area contributed by atoms with Crippen molar-refractivity contribution >= 4 is 29.4 Å². The molecule has 0 spiro atoms. The average molecular weight is 276 g/mol. The van der Waals surface area contributed by atoms with Crippen LogP contribution in [0.1, 0.15) is 28.6 Å². The fraction of sp³-hybridized carbons (Fsp3) is 0.750. The number of ketones is 1. The summed E-state index contributed by atoms with van der Waals surface area (Å²) in [4.78, 5) is 35.1. The van der Waals surface area contributed by atoms with Gasteiger partial charge in [0.2, 0.25) is 11.8 Å². The van der Waals surface area contributed by atoms with Crippen molar-refractivity contribution in [3.63, 3.8) is 0 Å². The summed E-state index contributed by atoms with van der Waals surface area (Å²) < 4.78 is 0. The van der Waals surface area contributed by atoms with E-state index in [1.807, 2.05) is 13.8 Å². The summed E-state index contributed by atoms with van der Waals surface area (Å²) in [6.45, 7) is 5.51. The van der Waals surface area contributed by atoms with Gasteiger partial charge in [0, 0.05) is 20.6 Å². The van der Waals surface area contributed by atoms with Crippen LogP contribution in [-0.4, -0.2) is 53.6 Å². The smallest absolute Gasteiger partial charge is 0.242 e. The molecular formula is C12H24N2O3S. The molecule has 0 radical (unpaired) electrons. The van der Waals surface area contributed by atoms with Gasteiger partial charge in [0.1, 0.15) is 5.78 Å². The maximum Gasteiger partial charge on any atom is 0.242 e. The van der Waals surface area contributed by atoms with Gasteiger partial charge in [-0.2, -0.15) is 0 Å². The number of hydrogen-bond acceptors (Lipinski definition) is 5. The lowest BCUT2D eigenvalue weighted by Crippen LogP contribution is -2.36. The van der Waals surface area contributed by atoms with E-state index in [2.05, 4.69) is 5.32 Å². The van der Waals surface area contributed by atoms with E-state index < -0.39 is 0 Å². The Bertz CT molecular complexity index is 326. The van der Waals surface area contributed by atoms with Crippen molar-refractivity contribution in [1.29, 1.82) is 0 Å². The van der Waals surface area contributed by atoms with Crippen LogP contribution in [0.4, 0.5) is 0 Å². The average Bonchev–Trinajstić information content (AvgIpc) is 2.60. The Morgan fingerprint density at radius 3 is 2.44 bits per heavy atom. The molecule has 0 saturated carbocycles. The molecule has 18 heavy (non-hydrogen) atoms. The molecule has 106 valence electrons. The van der Waals surface area contributed by atoms with Crippen LogP contribution in [0.5, 0.6) is 0 Å². The third kappa shape index (κ3) is 4.42. The summed E-state index contributed by atoms with van der Waals surface area (Å²) in [7, 11) is 3.20. The highest BCUT2D eigenvalue weighted by Gasteiger charge is 2.36. The van der Waals surface area contributed by atoms with E-state index in [-0.39, 0.29) is 36.7 Å². The Balaban J connectivity index is 0. The number of carbonyl (C=O) groups is 3. The maximum atomic E-state index is 11.6. The number of hydrogen-bond donors (Lipinski definition) is 1. The third-order valence-electron chi connectivity index (χ3n) is 2.64. The zero-order valence-corrected chi connectivity index (χ0v) is 12.5. The molecule has 1 saturated heterocycles. The van der Waals surface area contributed by atoms with Crippen molar-refractivity contribution < 1.29 is 15.8 Å². The Hall–Kier alpha value is -0.880. The highest BCUT2D eigenvalue weighted by atomic mass is 32.2. The molecule has 6 heteroatoms. The van der Waals surface area contributed by atoms with Gasteiger partial charge >= 0.3 is 0 Å². The van der Waals surface area contributed by atoms with Crippen LogP contribution in [0.15, 0.2) is 0 Å². The number of likely N-dealkylation sites (N-methyl/N-ethyl adjacent to an activating group) is 1. The zero-order valence-electron chi connectivity index (χ0n) is 11.6. The predicted molar refractivity (Wildman–Crippen MR) is 75.6 cm³/mol. The lowest BCUT2D eigenvalue weighted by Gasteiger charge is -2.14. The zero-order chi connectivity index (χ0) is 14.3. The van der Waals surface area contributed by atoms with Crippen molar-refractivity contribution in [3.05, 3.63) is 0 Å². The van der Waals surface area contributed by atoms with E-state index in [1.165, 1.54) is 25.7 Å². The molecular weight excluding hydrogens is 252 g/mol. The molecule has 2 unspecified atom stereocenters. The standard InChI is InChI=1S/C10H16N2O3S.C2H6.H2/c1-6(13)7(11-2)5-16-8-4-9(14)12(3)10(8)15;1-2;/h7-8,11H,4-5H2,1-3H3;1-2H3;1H. The summed E-state index contributed by atoms with van der Waals surface area (Å²) in [5.74, 6) is 0.253. The van der Waals surface area contributed by atoms with Gasteiger partial charge in [-0.1, -0.05) is 13.8 Å². The Morgan fingerprint density at radius 1 is 1.56 bits per heavy atom. The minimum Gasteiger partial charge on any atom is -0.310 e. The largest absolute Gasteiger partial charge is 0.310 e. The molecule has 0 aliphatic carbocycles. The molecule has 1 fully saturated rings. The number of carbonyl (C=O) groups excluding carboxylic acids is 3. The van der Waals surface area contributed by atoms with Crippen LogP contribution >= 0.6 is 11.8 Å². The summed E-state index contributed by atoms with van der Waals surface area (Å²) in [5.41, 5.74) is 0. The van der Waals surface area contributed by atoms with E-state index in [4.69, 9.17) is 0 Å². The van der Waals surface area contributed by atoms with Crippen LogP contribution in [0, 0.1) is 0 Å². The number of nitrogens with one attached hydrogen (secondary N) is 1. The quantitative estimate of drug-likeness (QED) is 0.757.